The van der Waals surface area contributed by atoms with Crippen LogP contribution in [0.3, 0.4) is 0 Å². The number of halogens is 1. The molecule has 94 valence electrons. The molecule has 0 spiro atoms. The van der Waals surface area contributed by atoms with Crippen LogP contribution in [0.5, 0.6) is 0 Å². The minimum absolute atomic E-state index is 0.00552. The first-order valence-electron chi connectivity index (χ1n) is 4.74. The average Bonchev–Trinajstić information content (AvgIpc) is 2.18. The van der Waals surface area contributed by atoms with Crippen molar-refractivity contribution in [1.29, 1.82) is 5.41 Å². The van der Waals surface area contributed by atoms with E-state index >= 15 is 0 Å². The molecule has 0 atom stereocenters. The molecule has 0 aliphatic rings. The van der Waals surface area contributed by atoms with Gasteiger partial charge in [0, 0.05) is 22.5 Å². The second-order valence-corrected chi connectivity index (χ2v) is 6.93. The third-order valence-electron chi connectivity index (χ3n) is 1.95. The molecular formula is C10H13FN2O2S2. The van der Waals surface area contributed by atoms with Crippen molar-refractivity contribution in [3.8, 4) is 0 Å². The first-order chi connectivity index (χ1) is 7.79. The maximum absolute atomic E-state index is 13.5. The van der Waals surface area contributed by atoms with E-state index in [0.717, 1.165) is 18.0 Å². The van der Waals surface area contributed by atoms with Crippen LogP contribution in [-0.2, 0) is 9.84 Å². The van der Waals surface area contributed by atoms with E-state index in [-0.39, 0.29) is 11.6 Å². The quantitative estimate of drug-likeness (QED) is 0.481. The Balaban J connectivity index is 2.70. The van der Waals surface area contributed by atoms with Crippen molar-refractivity contribution in [2.75, 3.05) is 17.8 Å². The van der Waals surface area contributed by atoms with Crippen molar-refractivity contribution in [2.45, 2.75) is 4.90 Å². The Morgan fingerprint density at radius 1 is 1.53 bits per heavy atom. The van der Waals surface area contributed by atoms with Gasteiger partial charge in [-0.25, -0.2) is 12.8 Å². The third kappa shape index (κ3) is 4.74. The van der Waals surface area contributed by atoms with Gasteiger partial charge < -0.3 is 5.73 Å². The first-order valence-corrected chi connectivity index (χ1v) is 7.78. The Hall–Kier alpha value is -1.08. The van der Waals surface area contributed by atoms with E-state index in [4.69, 9.17) is 11.1 Å². The second kappa shape index (κ2) is 5.50. The lowest BCUT2D eigenvalue weighted by Gasteiger charge is -2.04. The minimum atomic E-state index is -3.03. The Morgan fingerprint density at radius 3 is 2.65 bits per heavy atom. The number of nitrogens with one attached hydrogen (secondary N) is 1. The monoisotopic (exact) mass is 276 g/mol. The summed E-state index contributed by atoms with van der Waals surface area (Å²) in [6.45, 7) is 0. The third-order valence-corrected chi connectivity index (χ3v) is 4.21. The molecule has 17 heavy (non-hydrogen) atoms. The fourth-order valence-corrected chi connectivity index (χ4v) is 3.21. The highest BCUT2D eigenvalue weighted by Gasteiger charge is 2.08. The van der Waals surface area contributed by atoms with E-state index < -0.39 is 15.7 Å². The van der Waals surface area contributed by atoms with Crippen LogP contribution in [0.4, 0.5) is 4.39 Å². The number of sulfone groups is 1. The molecule has 0 fully saturated rings. The van der Waals surface area contributed by atoms with Crippen LogP contribution in [0.1, 0.15) is 5.56 Å². The Labute approximate surface area is 104 Å². The van der Waals surface area contributed by atoms with Gasteiger partial charge in [-0.15, -0.1) is 11.8 Å². The molecule has 0 saturated heterocycles. The summed E-state index contributed by atoms with van der Waals surface area (Å²) in [7, 11) is -3.03. The van der Waals surface area contributed by atoms with Gasteiger partial charge in [0.15, 0.2) is 0 Å². The maximum Gasteiger partial charge on any atom is 0.148 e. The smallest absolute Gasteiger partial charge is 0.148 e. The highest BCUT2D eigenvalue weighted by molar-refractivity contribution is 8.00. The molecule has 0 unspecified atom stereocenters. The normalized spacial score (nSPS) is 11.4. The molecular weight excluding hydrogens is 263 g/mol. The van der Waals surface area contributed by atoms with Crippen LogP contribution in [0, 0.1) is 11.2 Å². The predicted molar refractivity (Wildman–Crippen MR) is 67.9 cm³/mol. The number of benzene rings is 1. The van der Waals surface area contributed by atoms with Crippen molar-refractivity contribution in [3.63, 3.8) is 0 Å². The van der Waals surface area contributed by atoms with Crippen LogP contribution in [0.25, 0.3) is 0 Å². The zero-order chi connectivity index (χ0) is 13.1. The summed E-state index contributed by atoms with van der Waals surface area (Å²) in [5, 5.41) is 7.15. The zero-order valence-corrected chi connectivity index (χ0v) is 10.9. The Bertz CT molecular complexity index is 529. The lowest BCUT2D eigenvalue weighted by atomic mass is 10.2. The summed E-state index contributed by atoms with van der Waals surface area (Å²) in [5.41, 5.74) is 5.54. The van der Waals surface area contributed by atoms with Gasteiger partial charge in [0.2, 0.25) is 0 Å². The largest absolute Gasteiger partial charge is 0.384 e. The minimum Gasteiger partial charge on any atom is -0.384 e. The van der Waals surface area contributed by atoms with Crippen LogP contribution in [0.15, 0.2) is 23.1 Å². The molecule has 1 rings (SSSR count). The Kier molecular flexibility index (Phi) is 4.53. The summed E-state index contributed by atoms with van der Waals surface area (Å²) in [5.74, 6) is -0.381. The molecule has 0 aliphatic heterocycles. The van der Waals surface area contributed by atoms with E-state index in [1.54, 1.807) is 0 Å². The second-order valence-electron chi connectivity index (χ2n) is 3.54. The SMILES string of the molecule is CS(=O)(=O)CCSc1ccc(C(=N)N)cc1F. The number of hydrogen-bond donors (Lipinski definition) is 2. The molecule has 0 aromatic heterocycles. The van der Waals surface area contributed by atoms with Gasteiger partial charge in [0.05, 0.1) is 5.75 Å². The van der Waals surface area contributed by atoms with E-state index in [2.05, 4.69) is 0 Å². The van der Waals surface area contributed by atoms with E-state index in [0.29, 0.717) is 16.2 Å². The molecule has 3 N–H and O–H groups in total. The van der Waals surface area contributed by atoms with Gasteiger partial charge in [-0.2, -0.15) is 0 Å². The molecule has 0 radical (unpaired) electrons. The number of hydrogen-bond acceptors (Lipinski definition) is 4. The summed E-state index contributed by atoms with van der Waals surface area (Å²) < 4.78 is 35.3. The van der Waals surface area contributed by atoms with Gasteiger partial charge in [-0.05, 0) is 18.2 Å². The number of amidine groups is 1. The molecule has 7 heteroatoms. The first kappa shape index (κ1) is 14.0. The fourth-order valence-electron chi connectivity index (χ4n) is 1.09. The van der Waals surface area contributed by atoms with Gasteiger partial charge in [-0.1, -0.05) is 0 Å². The molecule has 0 bridgehead atoms. The highest BCUT2D eigenvalue weighted by atomic mass is 32.2. The molecule has 0 aliphatic carbocycles. The van der Waals surface area contributed by atoms with Crippen molar-refractivity contribution in [2.24, 2.45) is 5.73 Å². The summed E-state index contributed by atoms with van der Waals surface area (Å²) >= 11 is 1.13. The van der Waals surface area contributed by atoms with Gasteiger partial charge in [-0.3, -0.25) is 5.41 Å². The van der Waals surface area contributed by atoms with Crippen molar-refractivity contribution in [3.05, 3.63) is 29.6 Å². The van der Waals surface area contributed by atoms with Gasteiger partial charge in [0.1, 0.15) is 21.5 Å². The Morgan fingerprint density at radius 2 is 2.18 bits per heavy atom. The number of nitrogens with two attached hydrogens (primary N) is 1. The number of thioether (sulfide) groups is 1. The molecule has 0 heterocycles. The van der Waals surface area contributed by atoms with Crippen LogP contribution in [0.2, 0.25) is 0 Å². The molecule has 4 nitrogen and oxygen atoms in total. The summed E-state index contributed by atoms with van der Waals surface area (Å²) in [6, 6.07) is 4.21. The van der Waals surface area contributed by atoms with Crippen LogP contribution >= 0.6 is 11.8 Å². The fraction of sp³-hybridized carbons (Fsp3) is 0.300. The topological polar surface area (TPSA) is 84.0 Å². The van der Waals surface area contributed by atoms with Crippen LogP contribution < -0.4 is 5.73 Å². The zero-order valence-electron chi connectivity index (χ0n) is 9.23. The summed E-state index contributed by atoms with van der Waals surface area (Å²) in [6.07, 6.45) is 1.14. The maximum atomic E-state index is 13.5. The molecule has 0 amide bonds. The molecule has 1 aromatic rings. The number of nitrogen functional groups attached to an aromatic ring is 1. The van der Waals surface area contributed by atoms with E-state index in [9.17, 15) is 12.8 Å². The van der Waals surface area contributed by atoms with E-state index in [1.807, 2.05) is 0 Å². The summed E-state index contributed by atoms with van der Waals surface area (Å²) in [4.78, 5) is 0.360. The highest BCUT2D eigenvalue weighted by Crippen LogP contribution is 2.22. The van der Waals surface area contributed by atoms with Crippen LogP contribution in [-0.4, -0.2) is 32.0 Å². The van der Waals surface area contributed by atoms with Crippen molar-refractivity contribution in [1.82, 2.24) is 0 Å². The standard InChI is InChI=1S/C10H13FN2O2S2/c1-17(14,15)5-4-16-9-3-2-7(10(12)13)6-8(9)11/h2-3,6H,4-5H2,1H3,(H3,12,13). The average molecular weight is 276 g/mol. The molecule has 1 aromatic carbocycles. The van der Waals surface area contributed by atoms with Gasteiger partial charge in [0.25, 0.3) is 0 Å². The van der Waals surface area contributed by atoms with Gasteiger partial charge >= 0.3 is 0 Å². The lowest BCUT2D eigenvalue weighted by molar-refractivity contribution is 0.600. The van der Waals surface area contributed by atoms with Crippen molar-refractivity contribution < 1.29 is 12.8 Å². The predicted octanol–water partition coefficient (Wildman–Crippen LogP) is 1.25. The van der Waals surface area contributed by atoms with E-state index in [1.165, 1.54) is 18.2 Å². The number of rotatable bonds is 5. The lowest BCUT2D eigenvalue weighted by Crippen LogP contribution is -2.11. The van der Waals surface area contributed by atoms with Crippen molar-refractivity contribution >= 4 is 27.4 Å². The molecule has 0 saturated carbocycles.